The molecule has 46 heavy (non-hydrogen) atoms. The first kappa shape index (κ1) is 32.0. The van der Waals surface area contributed by atoms with Gasteiger partial charge in [0.05, 0.1) is 25.8 Å². The lowest BCUT2D eigenvalue weighted by molar-refractivity contribution is -0.384. The molecule has 2 aliphatic heterocycles. The third-order valence-corrected chi connectivity index (χ3v) is 8.52. The van der Waals surface area contributed by atoms with E-state index in [9.17, 15) is 24.5 Å². The van der Waals surface area contributed by atoms with E-state index in [0.29, 0.717) is 56.0 Å². The van der Waals surface area contributed by atoms with Gasteiger partial charge >= 0.3 is 0 Å². The van der Waals surface area contributed by atoms with Crippen LogP contribution in [0, 0.1) is 10.1 Å². The summed E-state index contributed by atoms with van der Waals surface area (Å²) in [5.74, 6) is 0.681. The molecule has 3 aromatic rings. The number of carbonyl (C=O) groups excluding carboxylic acids is 3. The quantitative estimate of drug-likeness (QED) is 0.194. The van der Waals surface area contributed by atoms with Crippen LogP contribution in [0.25, 0.3) is 6.08 Å². The Hall–Kier alpha value is -5.39. The number of piperidine rings is 1. The van der Waals surface area contributed by atoms with Crippen molar-refractivity contribution in [1.82, 2.24) is 15.1 Å². The highest BCUT2D eigenvalue weighted by Crippen LogP contribution is 2.39. The number of nitrogens with zero attached hydrogens (tertiary/aromatic N) is 4. The average Bonchev–Trinajstić information content (AvgIpc) is 3.33. The van der Waals surface area contributed by atoms with E-state index in [0.717, 1.165) is 11.3 Å². The first-order valence-electron chi connectivity index (χ1n) is 15.0. The van der Waals surface area contributed by atoms with Gasteiger partial charge in [-0.2, -0.15) is 0 Å². The second-order valence-corrected chi connectivity index (χ2v) is 11.2. The Bertz CT molecular complexity index is 1600. The number of benzene rings is 3. The summed E-state index contributed by atoms with van der Waals surface area (Å²) in [5, 5.41) is 13.8. The summed E-state index contributed by atoms with van der Waals surface area (Å²) in [6.07, 6.45) is 4.48. The van der Waals surface area contributed by atoms with Crippen LogP contribution < -0.4 is 19.7 Å². The first-order valence-corrected chi connectivity index (χ1v) is 15.0. The number of para-hydroxylation sites is 1. The maximum atomic E-state index is 14.0. The zero-order valence-corrected chi connectivity index (χ0v) is 25.9. The summed E-state index contributed by atoms with van der Waals surface area (Å²) >= 11 is 0. The van der Waals surface area contributed by atoms with E-state index in [1.165, 1.54) is 18.2 Å². The number of nitro groups is 1. The van der Waals surface area contributed by atoms with Crippen molar-refractivity contribution in [2.24, 2.45) is 0 Å². The standard InChI is InChI=1S/C34H37N5O7/c1-45-29-14-10-26(22-30(29)46-2)16-19-35-31(40)23-37-24-38(27-6-4-3-5-7-27)34(33(37)42)17-20-36(21-18-34)32(41)15-11-25-8-12-28(13-9-25)39(43)44/h3-15,22H,16-21,23-24H2,1-2H3,(H,35,40). The molecule has 240 valence electrons. The third-order valence-electron chi connectivity index (χ3n) is 8.52. The molecule has 0 radical (unpaired) electrons. The van der Waals surface area contributed by atoms with E-state index in [-0.39, 0.29) is 36.6 Å². The Kier molecular flexibility index (Phi) is 9.85. The van der Waals surface area contributed by atoms with Gasteiger partial charge in [-0.15, -0.1) is 0 Å². The molecule has 1 N–H and O–H groups in total. The van der Waals surface area contributed by atoms with Crippen LogP contribution in [0.5, 0.6) is 11.5 Å². The number of nitrogens with one attached hydrogen (secondary N) is 1. The van der Waals surface area contributed by atoms with Gasteiger partial charge in [0, 0.05) is 43.5 Å². The largest absolute Gasteiger partial charge is 0.493 e. The van der Waals surface area contributed by atoms with Crippen molar-refractivity contribution in [3.8, 4) is 11.5 Å². The molecule has 3 amide bonds. The monoisotopic (exact) mass is 627 g/mol. The summed E-state index contributed by atoms with van der Waals surface area (Å²) in [6.45, 7) is 1.32. The summed E-state index contributed by atoms with van der Waals surface area (Å²) in [5.41, 5.74) is 1.64. The lowest BCUT2D eigenvalue weighted by Crippen LogP contribution is -2.57. The van der Waals surface area contributed by atoms with Crippen LogP contribution in [0.4, 0.5) is 11.4 Å². The minimum Gasteiger partial charge on any atom is -0.493 e. The van der Waals surface area contributed by atoms with Gasteiger partial charge in [0.1, 0.15) is 12.1 Å². The molecule has 0 aliphatic carbocycles. The highest BCUT2D eigenvalue weighted by molar-refractivity contribution is 5.97. The van der Waals surface area contributed by atoms with E-state index in [2.05, 4.69) is 10.2 Å². The van der Waals surface area contributed by atoms with E-state index >= 15 is 0 Å². The van der Waals surface area contributed by atoms with Gasteiger partial charge < -0.3 is 29.5 Å². The second-order valence-electron chi connectivity index (χ2n) is 11.2. The number of ether oxygens (including phenoxy) is 2. The number of methoxy groups -OCH3 is 2. The number of carbonyl (C=O) groups is 3. The van der Waals surface area contributed by atoms with Crippen molar-refractivity contribution in [1.29, 1.82) is 0 Å². The van der Waals surface area contributed by atoms with Crippen molar-refractivity contribution in [2.75, 3.05) is 52.0 Å². The van der Waals surface area contributed by atoms with Gasteiger partial charge in [0.15, 0.2) is 11.5 Å². The van der Waals surface area contributed by atoms with Gasteiger partial charge in [-0.1, -0.05) is 24.3 Å². The molecule has 2 saturated heterocycles. The summed E-state index contributed by atoms with van der Waals surface area (Å²) in [7, 11) is 3.15. The molecular formula is C34H37N5O7. The zero-order chi connectivity index (χ0) is 32.7. The summed E-state index contributed by atoms with van der Waals surface area (Å²) in [4.78, 5) is 55.8. The predicted octanol–water partition coefficient (Wildman–Crippen LogP) is 3.65. The van der Waals surface area contributed by atoms with Gasteiger partial charge in [-0.05, 0) is 72.9 Å². The van der Waals surface area contributed by atoms with Crippen molar-refractivity contribution in [2.45, 2.75) is 24.8 Å². The second kappa shape index (κ2) is 14.1. The topological polar surface area (TPSA) is 135 Å². The fourth-order valence-corrected chi connectivity index (χ4v) is 6.01. The molecule has 5 rings (SSSR count). The van der Waals surface area contributed by atoms with Gasteiger partial charge in [0.25, 0.3) is 11.6 Å². The molecule has 2 fully saturated rings. The molecule has 0 saturated carbocycles. The SMILES string of the molecule is COc1ccc(CCNC(=O)CN2CN(c3ccccc3)C3(CCN(C(=O)C=Cc4ccc([N+](=O)[O-])cc4)CC3)C2=O)cc1OC. The number of non-ortho nitro benzene ring substituents is 1. The van der Waals surface area contributed by atoms with E-state index in [1.54, 1.807) is 42.2 Å². The Morgan fingerprint density at radius 3 is 2.33 bits per heavy atom. The maximum Gasteiger partial charge on any atom is 0.269 e. The molecule has 1 spiro atoms. The molecule has 2 heterocycles. The predicted molar refractivity (Wildman–Crippen MR) is 172 cm³/mol. The molecule has 0 aromatic heterocycles. The third kappa shape index (κ3) is 6.96. The smallest absolute Gasteiger partial charge is 0.269 e. The zero-order valence-electron chi connectivity index (χ0n) is 25.9. The number of nitro benzene ring substituents is 1. The Morgan fingerprint density at radius 1 is 0.978 bits per heavy atom. The number of amides is 3. The maximum absolute atomic E-state index is 14.0. The van der Waals surface area contributed by atoms with E-state index < -0.39 is 10.5 Å². The number of anilines is 1. The highest BCUT2D eigenvalue weighted by atomic mass is 16.6. The van der Waals surface area contributed by atoms with Crippen molar-refractivity contribution in [3.63, 3.8) is 0 Å². The minimum atomic E-state index is -0.875. The number of hydrogen-bond donors (Lipinski definition) is 1. The average molecular weight is 628 g/mol. The lowest BCUT2D eigenvalue weighted by atomic mass is 9.85. The van der Waals surface area contributed by atoms with Gasteiger partial charge in [0.2, 0.25) is 11.8 Å². The van der Waals surface area contributed by atoms with Crippen LogP contribution in [0.1, 0.15) is 24.0 Å². The molecule has 0 bridgehead atoms. The Balaban J connectivity index is 1.21. The van der Waals surface area contributed by atoms with Crippen LogP contribution in [0.15, 0.2) is 78.9 Å². The fraction of sp³-hybridized carbons (Fsp3) is 0.324. The van der Waals surface area contributed by atoms with Gasteiger partial charge in [-0.25, -0.2) is 0 Å². The van der Waals surface area contributed by atoms with Crippen LogP contribution in [-0.2, 0) is 20.8 Å². The molecule has 12 heteroatoms. The Labute approximate surface area is 267 Å². The van der Waals surface area contributed by atoms with E-state index in [4.69, 9.17) is 9.47 Å². The number of rotatable bonds is 11. The highest BCUT2D eigenvalue weighted by Gasteiger charge is 2.54. The van der Waals surface area contributed by atoms with Crippen LogP contribution in [0.2, 0.25) is 0 Å². The molecule has 0 unspecified atom stereocenters. The number of likely N-dealkylation sites (tertiary alicyclic amines) is 1. The van der Waals surface area contributed by atoms with Crippen LogP contribution in [0.3, 0.4) is 0 Å². The molecule has 0 atom stereocenters. The fourth-order valence-electron chi connectivity index (χ4n) is 6.01. The van der Waals surface area contributed by atoms with E-state index in [1.807, 2.05) is 48.5 Å². The molecular weight excluding hydrogens is 590 g/mol. The summed E-state index contributed by atoms with van der Waals surface area (Å²) in [6, 6.07) is 21.2. The normalized spacial score (nSPS) is 15.8. The summed E-state index contributed by atoms with van der Waals surface area (Å²) < 4.78 is 10.6. The van der Waals surface area contributed by atoms with Crippen LogP contribution >= 0.6 is 0 Å². The van der Waals surface area contributed by atoms with Crippen molar-refractivity contribution < 1.29 is 28.8 Å². The molecule has 2 aliphatic rings. The molecule has 3 aromatic carbocycles. The van der Waals surface area contributed by atoms with Crippen molar-refractivity contribution >= 4 is 35.2 Å². The lowest BCUT2D eigenvalue weighted by Gasteiger charge is -2.43. The molecule has 12 nitrogen and oxygen atoms in total. The van der Waals surface area contributed by atoms with Crippen molar-refractivity contribution in [3.05, 3.63) is 100 Å². The van der Waals surface area contributed by atoms with Gasteiger partial charge in [-0.3, -0.25) is 24.5 Å². The van der Waals surface area contributed by atoms with Crippen LogP contribution in [-0.4, -0.2) is 85.1 Å². The number of hydrogen-bond acceptors (Lipinski definition) is 8. The first-order chi connectivity index (χ1) is 22.2. The minimum absolute atomic E-state index is 0.0184. The Morgan fingerprint density at radius 2 is 1.67 bits per heavy atom.